The summed E-state index contributed by atoms with van der Waals surface area (Å²) < 4.78 is 0. The van der Waals surface area contributed by atoms with E-state index in [-0.39, 0.29) is 23.6 Å². The second-order valence-electron chi connectivity index (χ2n) is 9.44. The van der Waals surface area contributed by atoms with Gasteiger partial charge in [0.25, 0.3) is 11.8 Å². The molecule has 33 heavy (non-hydrogen) atoms. The van der Waals surface area contributed by atoms with Crippen molar-refractivity contribution in [1.29, 1.82) is 0 Å². The van der Waals surface area contributed by atoms with Crippen LogP contribution in [0.25, 0.3) is 0 Å². The van der Waals surface area contributed by atoms with E-state index in [0.29, 0.717) is 23.6 Å². The average Bonchev–Trinajstić information content (AvgIpc) is 3.06. The third kappa shape index (κ3) is 4.86. The number of nitrogens with zero attached hydrogens (tertiary/aromatic N) is 2. The van der Waals surface area contributed by atoms with E-state index in [1.807, 2.05) is 26.0 Å². The van der Waals surface area contributed by atoms with Gasteiger partial charge in [0.2, 0.25) is 5.91 Å². The van der Waals surface area contributed by atoms with Crippen molar-refractivity contribution in [2.45, 2.75) is 46.0 Å². The van der Waals surface area contributed by atoms with Crippen molar-refractivity contribution in [1.82, 2.24) is 9.80 Å². The molecule has 0 aliphatic carbocycles. The molecule has 6 nitrogen and oxygen atoms in total. The smallest absolute Gasteiger partial charge is 0.261 e. The van der Waals surface area contributed by atoms with Gasteiger partial charge < -0.3 is 10.2 Å². The van der Waals surface area contributed by atoms with E-state index >= 15 is 0 Å². The van der Waals surface area contributed by atoms with Crippen LogP contribution in [-0.4, -0.2) is 53.7 Å². The fraction of sp³-hybridized carbons (Fsp3) is 0.444. The van der Waals surface area contributed by atoms with Crippen LogP contribution in [0.1, 0.15) is 70.9 Å². The molecule has 0 spiro atoms. The quantitative estimate of drug-likeness (QED) is 0.637. The largest absolute Gasteiger partial charge is 0.326 e. The van der Waals surface area contributed by atoms with E-state index in [4.69, 9.17) is 0 Å². The number of hydrogen-bond donors (Lipinski definition) is 1. The fourth-order valence-electron chi connectivity index (χ4n) is 4.87. The van der Waals surface area contributed by atoms with Crippen molar-refractivity contribution in [2.24, 2.45) is 5.92 Å². The Hall–Kier alpha value is -2.99. The van der Waals surface area contributed by atoms with Crippen molar-refractivity contribution >= 4 is 23.4 Å². The van der Waals surface area contributed by atoms with Gasteiger partial charge in [0, 0.05) is 18.2 Å². The van der Waals surface area contributed by atoms with Gasteiger partial charge in [0.1, 0.15) is 0 Å². The first-order valence-corrected chi connectivity index (χ1v) is 11.9. The number of fused-ring (bicyclic) bond motifs is 1. The lowest BCUT2D eigenvalue weighted by molar-refractivity contribution is -0.118. The molecule has 2 aromatic rings. The molecular weight excluding hydrogens is 414 g/mol. The van der Waals surface area contributed by atoms with Crippen molar-refractivity contribution in [3.8, 4) is 0 Å². The van der Waals surface area contributed by atoms with Crippen LogP contribution >= 0.6 is 0 Å². The molecule has 1 N–H and O–H groups in total. The highest BCUT2D eigenvalue weighted by atomic mass is 16.2. The number of rotatable bonds is 7. The second kappa shape index (κ2) is 9.87. The summed E-state index contributed by atoms with van der Waals surface area (Å²) >= 11 is 0. The molecule has 0 atom stereocenters. The van der Waals surface area contributed by atoms with Gasteiger partial charge in [-0.15, -0.1) is 0 Å². The predicted octanol–water partition coefficient (Wildman–Crippen LogP) is 4.46. The number of benzene rings is 2. The lowest BCUT2D eigenvalue weighted by Crippen LogP contribution is -2.37. The number of hydrogen-bond acceptors (Lipinski definition) is 4. The number of carbonyl (C=O) groups is 3. The molecule has 0 bridgehead atoms. The maximum absolute atomic E-state index is 12.5. The number of carbonyl (C=O) groups excluding carboxylic acids is 3. The van der Waals surface area contributed by atoms with Crippen LogP contribution in [0.5, 0.6) is 0 Å². The molecule has 6 heteroatoms. The van der Waals surface area contributed by atoms with Crippen molar-refractivity contribution in [2.75, 3.05) is 31.5 Å². The summed E-state index contributed by atoms with van der Waals surface area (Å²) in [6.45, 7) is 9.23. The minimum absolute atomic E-state index is 0.0446. The molecule has 1 saturated heterocycles. The van der Waals surface area contributed by atoms with Crippen LogP contribution in [0.2, 0.25) is 0 Å². The number of imide groups is 1. The molecule has 0 unspecified atom stereocenters. The SMILES string of the molecule is Cc1c(NC(=O)C(C)C)cccc1C1CCN(CCCN2C(=O)c3ccccc3C2=O)CC1. The van der Waals surface area contributed by atoms with E-state index < -0.39 is 0 Å². The average molecular weight is 448 g/mol. The van der Waals surface area contributed by atoms with Crippen LogP contribution in [0.4, 0.5) is 5.69 Å². The zero-order chi connectivity index (χ0) is 23.5. The van der Waals surface area contributed by atoms with Crippen LogP contribution in [0, 0.1) is 12.8 Å². The highest BCUT2D eigenvalue weighted by Gasteiger charge is 2.34. The summed E-state index contributed by atoms with van der Waals surface area (Å²) in [5.74, 6) is 0.136. The van der Waals surface area contributed by atoms with Crippen LogP contribution in [0.3, 0.4) is 0 Å². The predicted molar refractivity (Wildman–Crippen MR) is 129 cm³/mol. The molecule has 2 heterocycles. The Kier molecular flexibility index (Phi) is 6.94. The molecule has 0 radical (unpaired) electrons. The summed E-state index contributed by atoms with van der Waals surface area (Å²) in [6.07, 6.45) is 2.91. The molecule has 2 aliphatic rings. The fourth-order valence-corrected chi connectivity index (χ4v) is 4.87. The number of likely N-dealkylation sites (tertiary alicyclic amines) is 1. The van der Waals surface area contributed by atoms with E-state index in [1.165, 1.54) is 10.5 Å². The van der Waals surface area contributed by atoms with E-state index in [1.54, 1.807) is 24.3 Å². The van der Waals surface area contributed by atoms with Gasteiger partial charge in [-0.05, 0) is 81.1 Å². The van der Waals surface area contributed by atoms with Crippen LogP contribution in [-0.2, 0) is 4.79 Å². The summed E-state index contributed by atoms with van der Waals surface area (Å²) in [4.78, 5) is 41.0. The number of anilines is 1. The Morgan fingerprint density at radius 1 is 0.970 bits per heavy atom. The van der Waals surface area contributed by atoms with Gasteiger partial charge in [-0.1, -0.05) is 38.1 Å². The Morgan fingerprint density at radius 2 is 1.61 bits per heavy atom. The number of nitrogens with one attached hydrogen (secondary N) is 1. The lowest BCUT2D eigenvalue weighted by Gasteiger charge is -2.33. The van der Waals surface area contributed by atoms with E-state index in [2.05, 4.69) is 23.2 Å². The molecule has 2 aromatic carbocycles. The van der Waals surface area contributed by atoms with Gasteiger partial charge in [-0.25, -0.2) is 0 Å². The Labute approximate surface area is 196 Å². The first kappa shape index (κ1) is 23.2. The van der Waals surface area contributed by atoms with Crippen molar-refractivity contribution < 1.29 is 14.4 Å². The van der Waals surface area contributed by atoms with Crippen LogP contribution < -0.4 is 5.32 Å². The summed E-state index contributed by atoms with van der Waals surface area (Å²) in [5, 5.41) is 3.06. The van der Waals surface area contributed by atoms with Gasteiger partial charge in [0.05, 0.1) is 11.1 Å². The molecular formula is C27H33N3O3. The molecule has 2 aliphatic heterocycles. The minimum Gasteiger partial charge on any atom is -0.326 e. The van der Waals surface area contributed by atoms with E-state index in [0.717, 1.165) is 50.1 Å². The third-order valence-corrected chi connectivity index (χ3v) is 6.92. The summed E-state index contributed by atoms with van der Waals surface area (Å²) in [6, 6.07) is 13.3. The number of piperidine rings is 1. The first-order valence-electron chi connectivity index (χ1n) is 11.9. The molecule has 0 saturated carbocycles. The molecule has 0 aromatic heterocycles. The topological polar surface area (TPSA) is 69.7 Å². The monoisotopic (exact) mass is 447 g/mol. The van der Waals surface area contributed by atoms with Gasteiger partial charge in [-0.3, -0.25) is 19.3 Å². The summed E-state index contributed by atoms with van der Waals surface area (Å²) in [5.41, 5.74) is 4.43. The lowest BCUT2D eigenvalue weighted by atomic mass is 9.86. The van der Waals surface area contributed by atoms with E-state index in [9.17, 15) is 14.4 Å². The van der Waals surface area contributed by atoms with Crippen LogP contribution in [0.15, 0.2) is 42.5 Å². The number of amides is 3. The highest BCUT2D eigenvalue weighted by Crippen LogP contribution is 2.33. The van der Waals surface area contributed by atoms with Gasteiger partial charge in [0.15, 0.2) is 0 Å². The minimum atomic E-state index is -0.172. The highest BCUT2D eigenvalue weighted by molar-refractivity contribution is 6.21. The first-order chi connectivity index (χ1) is 15.9. The summed E-state index contributed by atoms with van der Waals surface area (Å²) in [7, 11) is 0. The Morgan fingerprint density at radius 3 is 2.21 bits per heavy atom. The Bertz CT molecular complexity index is 1020. The normalized spacial score (nSPS) is 17.0. The molecule has 1 fully saturated rings. The molecule has 4 rings (SSSR count). The molecule has 3 amide bonds. The third-order valence-electron chi connectivity index (χ3n) is 6.92. The van der Waals surface area contributed by atoms with Crippen molar-refractivity contribution in [3.05, 3.63) is 64.7 Å². The van der Waals surface area contributed by atoms with Gasteiger partial charge >= 0.3 is 0 Å². The standard InChI is InChI=1S/C27H33N3O3/c1-18(2)25(31)28-24-11-6-10-21(19(24)3)20-12-16-29(17-13-20)14-7-15-30-26(32)22-8-4-5-9-23(22)27(30)33/h4-6,8-11,18,20H,7,12-17H2,1-3H3,(H,28,31). The second-order valence-corrected chi connectivity index (χ2v) is 9.44. The zero-order valence-corrected chi connectivity index (χ0v) is 19.8. The zero-order valence-electron chi connectivity index (χ0n) is 19.8. The molecule has 174 valence electrons. The Balaban J connectivity index is 1.28. The maximum Gasteiger partial charge on any atom is 0.261 e. The maximum atomic E-state index is 12.5. The van der Waals surface area contributed by atoms with Gasteiger partial charge in [-0.2, -0.15) is 0 Å². The van der Waals surface area contributed by atoms with Crippen molar-refractivity contribution in [3.63, 3.8) is 0 Å².